The number of carbonyl (C=O) groups excluding carboxylic acids is 1. The first-order chi connectivity index (χ1) is 13.9. The van der Waals surface area contributed by atoms with Crippen LogP contribution in [0.15, 0.2) is 60.7 Å². The molecule has 0 N–H and O–H groups in total. The summed E-state index contributed by atoms with van der Waals surface area (Å²) >= 11 is 0. The molecule has 0 bridgehead atoms. The van der Waals surface area contributed by atoms with Gasteiger partial charge in [0.2, 0.25) is 0 Å². The molecule has 0 saturated carbocycles. The predicted octanol–water partition coefficient (Wildman–Crippen LogP) is 5.65. The highest BCUT2D eigenvalue weighted by atomic mass is 19.4. The number of halogens is 3. The van der Waals surface area contributed by atoms with Crippen LogP contribution >= 0.6 is 0 Å². The maximum atomic E-state index is 12.3. The van der Waals surface area contributed by atoms with Gasteiger partial charge >= 0.3 is 12.5 Å². The van der Waals surface area contributed by atoms with Gasteiger partial charge in [-0.15, -0.1) is 13.2 Å². The van der Waals surface area contributed by atoms with Gasteiger partial charge in [0.05, 0.1) is 0 Å². The van der Waals surface area contributed by atoms with Crippen molar-refractivity contribution in [2.75, 3.05) is 13.1 Å². The molecule has 1 aliphatic rings. The van der Waals surface area contributed by atoms with Gasteiger partial charge in [-0.1, -0.05) is 54.6 Å². The summed E-state index contributed by atoms with van der Waals surface area (Å²) in [6, 6.07) is 15.2. The Morgan fingerprint density at radius 2 is 1.83 bits per heavy atom. The second-order valence-corrected chi connectivity index (χ2v) is 6.86. The zero-order valence-corrected chi connectivity index (χ0v) is 15.8. The summed E-state index contributed by atoms with van der Waals surface area (Å²) in [6.07, 6.45) is 0.609. The second-order valence-electron chi connectivity index (χ2n) is 6.86. The van der Waals surface area contributed by atoms with Crippen molar-refractivity contribution in [3.63, 3.8) is 0 Å². The van der Waals surface area contributed by atoms with E-state index in [0.29, 0.717) is 13.1 Å². The molecule has 1 saturated heterocycles. The standard InChI is InChI=1S/C22H22F3NO3/c23-22(24,25)29-20-12-10-17(11-13-20)8-9-18-7-4-14-26(15-18)21(27)28-16-19-5-2-1-3-6-19/h1-3,5-6,8-13,18H,4,7,14-16H2/b9-8+. The first kappa shape index (κ1) is 20.8. The van der Waals surface area contributed by atoms with Crippen molar-refractivity contribution in [2.24, 2.45) is 5.92 Å². The molecule has 1 amide bonds. The fourth-order valence-electron chi connectivity index (χ4n) is 3.17. The highest BCUT2D eigenvalue weighted by Crippen LogP contribution is 2.24. The molecule has 4 nitrogen and oxygen atoms in total. The van der Waals surface area contributed by atoms with E-state index in [-0.39, 0.29) is 24.4 Å². The van der Waals surface area contributed by atoms with Crippen LogP contribution in [0.5, 0.6) is 5.75 Å². The van der Waals surface area contributed by atoms with Crippen molar-refractivity contribution >= 4 is 12.2 Å². The van der Waals surface area contributed by atoms with Crippen LogP contribution in [0.25, 0.3) is 6.08 Å². The number of alkyl halides is 3. The van der Waals surface area contributed by atoms with E-state index in [1.54, 1.807) is 17.0 Å². The fourth-order valence-corrected chi connectivity index (χ4v) is 3.17. The van der Waals surface area contributed by atoms with Crippen molar-refractivity contribution in [3.05, 3.63) is 71.8 Å². The van der Waals surface area contributed by atoms with Crippen LogP contribution in [0.2, 0.25) is 0 Å². The SMILES string of the molecule is O=C(OCc1ccccc1)N1CCCC(/C=C/c2ccc(OC(F)(F)F)cc2)C1. The molecule has 2 aromatic carbocycles. The summed E-state index contributed by atoms with van der Waals surface area (Å²) < 4.78 is 45.9. The Morgan fingerprint density at radius 1 is 1.10 bits per heavy atom. The first-order valence-electron chi connectivity index (χ1n) is 9.39. The average Bonchev–Trinajstić information content (AvgIpc) is 2.71. The zero-order chi connectivity index (χ0) is 20.7. The minimum absolute atomic E-state index is 0.166. The van der Waals surface area contributed by atoms with E-state index in [1.165, 1.54) is 12.1 Å². The Hall–Kier alpha value is -2.96. The van der Waals surface area contributed by atoms with Crippen molar-refractivity contribution < 1.29 is 27.4 Å². The monoisotopic (exact) mass is 405 g/mol. The summed E-state index contributed by atoms with van der Waals surface area (Å²) in [4.78, 5) is 14.0. The molecule has 3 rings (SSSR count). The van der Waals surface area contributed by atoms with E-state index < -0.39 is 6.36 Å². The fraction of sp³-hybridized carbons (Fsp3) is 0.318. The van der Waals surface area contributed by atoms with Crippen molar-refractivity contribution in [3.8, 4) is 5.75 Å². The normalized spacial score (nSPS) is 17.3. The average molecular weight is 405 g/mol. The summed E-state index contributed by atoms with van der Waals surface area (Å²) in [5.74, 6) is -0.0845. The molecule has 0 radical (unpaired) electrons. The Balaban J connectivity index is 1.50. The van der Waals surface area contributed by atoms with Gasteiger partial charge in [-0.25, -0.2) is 4.79 Å². The molecular formula is C22H22F3NO3. The van der Waals surface area contributed by atoms with Gasteiger partial charge in [0, 0.05) is 13.1 Å². The van der Waals surface area contributed by atoms with Crippen LogP contribution < -0.4 is 4.74 Å². The maximum absolute atomic E-state index is 12.3. The number of carbonyl (C=O) groups is 1. The third-order valence-electron chi connectivity index (χ3n) is 4.60. The van der Waals surface area contributed by atoms with Crippen molar-refractivity contribution in [2.45, 2.75) is 25.8 Å². The molecule has 1 unspecified atom stereocenters. The lowest BCUT2D eigenvalue weighted by molar-refractivity contribution is -0.274. The molecule has 0 aromatic heterocycles. The molecule has 0 spiro atoms. The maximum Gasteiger partial charge on any atom is 0.573 e. The van der Waals surface area contributed by atoms with Gasteiger partial charge in [-0.2, -0.15) is 0 Å². The molecule has 1 fully saturated rings. The lowest BCUT2D eigenvalue weighted by atomic mass is 9.97. The summed E-state index contributed by atoms with van der Waals surface area (Å²) in [6.45, 7) is 1.45. The van der Waals surface area contributed by atoms with Gasteiger partial charge < -0.3 is 14.4 Å². The number of hydrogen-bond acceptors (Lipinski definition) is 3. The minimum atomic E-state index is -4.70. The summed E-state index contributed by atoms with van der Waals surface area (Å²) in [5.41, 5.74) is 1.70. The topological polar surface area (TPSA) is 38.8 Å². The van der Waals surface area contributed by atoms with Crippen LogP contribution in [-0.4, -0.2) is 30.4 Å². The third kappa shape index (κ3) is 6.85. The number of piperidine rings is 1. The Labute approximate surface area is 167 Å². The van der Waals surface area contributed by atoms with Crippen molar-refractivity contribution in [1.29, 1.82) is 0 Å². The molecule has 29 heavy (non-hydrogen) atoms. The lowest BCUT2D eigenvalue weighted by Crippen LogP contribution is -2.39. The highest BCUT2D eigenvalue weighted by molar-refractivity contribution is 5.67. The van der Waals surface area contributed by atoms with Crippen LogP contribution in [0, 0.1) is 5.92 Å². The Bertz CT molecular complexity index is 819. The van der Waals surface area contributed by atoms with Gasteiger partial charge in [0.15, 0.2) is 0 Å². The zero-order valence-electron chi connectivity index (χ0n) is 15.8. The Morgan fingerprint density at radius 3 is 2.52 bits per heavy atom. The summed E-state index contributed by atoms with van der Waals surface area (Å²) in [5, 5.41) is 0. The van der Waals surface area contributed by atoms with Gasteiger partial charge in [-0.3, -0.25) is 0 Å². The van der Waals surface area contributed by atoms with E-state index in [1.807, 2.05) is 42.5 Å². The Kier molecular flexibility index (Phi) is 6.80. The molecule has 1 atom stereocenters. The van der Waals surface area contributed by atoms with Crippen LogP contribution in [0.3, 0.4) is 0 Å². The largest absolute Gasteiger partial charge is 0.573 e. The molecular weight excluding hydrogens is 383 g/mol. The van der Waals surface area contributed by atoms with Gasteiger partial charge in [-0.05, 0) is 42.0 Å². The molecule has 154 valence electrons. The number of rotatable bonds is 5. The van der Waals surface area contributed by atoms with E-state index in [9.17, 15) is 18.0 Å². The molecule has 0 aliphatic carbocycles. The second kappa shape index (κ2) is 9.49. The number of benzene rings is 2. The van der Waals surface area contributed by atoms with E-state index in [2.05, 4.69) is 4.74 Å². The highest BCUT2D eigenvalue weighted by Gasteiger charge is 2.31. The van der Waals surface area contributed by atoms with Crippen molar-refractivity contribution in [1.82, 2.24) is 4.90 Å². The number of nitrogens with zero attached hydrogens (tertiary/aromatic N) is 1. The van der Waals surface area contributed by atoms with Gasteiger partial charge in [0.1, 0.15) is 12.4 Å². The molecule has 1 heterocycles. The van der Waals surface area contributed by atoms with E-state index >= 15 is 0 Å². The number of hydrogen-bond donors (Lipinski definition) is 0. The minimum Gasteiger partial charge on any atom is -0.445 e. The quantitative estimate of drug-likeness (QED) is 0.646. The van der Waals surface area contributed by atoms with E-state index in [4.69, 9.17) is 4.74 Å². The molecule has 1 aliphatic heterocycles. The van der Waals surface area contributed by atoms with Crippen LogP contribution in [0.4, 0.5) is 18.0 Å². The van der Waals surface area contributed by atoms with Crippen LogP contribution in [0.1, 0.15) is 24.0 Å². The number of amides is 1. The summed E-state index contributed by atoms with van der Waals surface area (Å²) in [7, 11) is 0. The van der Waals surface area contributed by atoms with Crippen LogP contribution in [-0.2, 0) is 11.3 Å². The van der Waals surface area contributed by atoms with Gasteiger partial charge in [0.25, 0.3) is 0 Å². The molecule has 2 aromatic rings. The predicted molar refractivity (Wildman–Crippen MR) is 103 cm³/mol. The smallest absolute Gasteiger partial charge is 0.445 e. The van der Waals surface area contributed by atoms with E-state index in [0.717, 1.165) is 24.0 Å². The lowest BCUT2D eigenvalue weighted by Gasteiger charge is -2.30. The molecule has 7 heteroatoms. The number of ether oxygens (including phenoxy) is 2. The third-order valence-corrected chi connectivity index (χ3v) is 4.60. The first-order valence-corrected chi connectivity index (χ1v) is 9.39. The number of likely N-dealkylation sites (tertiary alicyclic amines) is 1.